The Balaban J connectivity index is 2.02. The number of amides is 1. The topological polar surface area (TPSA) is 73.6 Å². The predicted octanol–water partition coefficient (Wildman–Crippen LogP) is 1.98. The molecule has 5 nitrogen and oxygen atoms in total. The van der Waals surface area contributed by atoms with Crippen LogP contribution in [0.5, 0.6) is 11.5 Å². The molecule has 3 N–H and O–H groups in total. The lowest BCUT2D eigenvalue weighted by atomic mass is 10.2. The van der Waals surface area contributed by atoms with Crippen molar-refractivity contribution in [2.45, 2.75) is 51.8 Å². The van der Waals surface area contributed by atoms with Crippen LogP contribution in [0.2, 0.25) is 0 Å². The summed E-state index contributed by atoms with van der Waals surface area (Å²) in [5.41, 5.74) is 6.59. The Hall–Kier alpha value is -1.75. The average Bonchev–Trinajstić information content (AvgIpc) is 3.29. The summed E-state index contributed by atoms with van der Waals surface area (Å²) in [6, 6.07) is 5.89. The first-order valence-electron chi connectivity index (χ1n) is 7.56. The number of ether oxygens (including phenoxy) is 2. The molecule has 0 aromatic heterocycles. The number of nitrogens with two attached hydrogens (primary N) is 1. The van der Waals surface area contributed by atoms with Crippen molar-refractivity contribution in [2.75, 3.05) is 6.61 Å². The van der Waals surface area contributed by atoms with Gasteiger partial charge in [0.25, 0.3) is 5.91 Å². The molecule has 1 aromatic rings. The van der Waals surface area contributed by atoms with E-state index in [0.717, 1.165) is 30.6 Å². The highest BCUT2D eigenvalue weighted by Crippen LogP contribution is 2.26. The van der Waals surface area contributed by atoms with E-state index < -0.39 is 6.10 Å². The van der Waals surface area contributed by atoms with Gasteiger partial charge in [-0.15, -0.1) is 0 Å². The van der Waals surface area contributed by atoms with Gasteiger partial charge in [0.15, 0.2) is 6.10 Å². The second kappa shape index (κ2) is 7.31. The molecule has 1 atom stereocenters. The SMILES string of the molecule is CCCOc1ccc(CN)c(OC(C)C(=O)NC2CC2)c1. The molecule has 21 heavy (non-hydrogen) atoms. The van der Waals surface area contributed by atoms with E-state index >= 15 is 0 Å². The molecule has 1 aliphatic rings. The van der Waals surface area contributed by atoms with Crippen molar-refractivity contribution in [2.24, 2.45) is 5.73 Å². The molecule has 116 valence electrons. The second-order valence-corrected chi connectivity index (χ2v) is 5.37. The van der Waals surface area contributed by atoms with Gasteiger partial charge in [-0.1, -0.05) is 13.0 Å². The molecule has 1 aromatic carbocycles. The van der Waals surface area contributed by atoms with Gasteiger partial charge in [-0.25, -0.2) is 0 Å². The van der Waals surface area contributed by atoms with Crippen molar-refractivity contribution in [1.82, 2.24) is 5.32 Å². The van der Waals surface area contributed by atoms with Gasteiger partial charge in [-0.2, -0.15) is 0 Å². The van der Waals surface area contributed by atoms with Crippen LogP contribution in [0.4, 0.5) is 0 Å². The Morgan fingerprint density at radius 1 is 1.48 bits per heavy atom. The monoisotopic (exact) mass is 292 g/mol. The fourth-order valence-corrected chi connectivity index (χ4v) is 1.91. The Bertz CT molecular complexity index is 486. The largest absolute Gasteiger partial charge is 0.493 e. The van der Waals surface area contributed by atoms with Crippen LogP contribution in [0, 0.1) is 0 Å². The average molecular weight is 292 g/mol. The maximum atomic E-state index is 12.0. The van der Waals surface area contributed by atoms with E-state index in [2.05, 4.69) is 12.2 Å². The van der Waals surface area contributed by atoms with E-state index in [0.29, 0.717) is 24.9 Å². The zero-order valence-corrected chi connectivity index (χ0v) is 12.7. The summed E-state index contributed by atoms with van der Waals surface area (Å²) < 4.78 is 11.4. The number of benzene rings is 1. The van der Waals surface area contributed by atoms with E-state index in [1.165, 1.54) is 0 Å². The first-order valence-corrected chi connectivity index (χ1v) is 7.56. The van der Waals surface area contributed by atoms with E-state index in [-0.39, 0.29) is 5.91 Å². The third-order valence-electron chi connectivity index (χ3n) is 3.33. The molecular weight excluding hydrogens is 268 g/mol. The Morgan fingerprint density at radius 2 is 2.24 bits per heavy atom. The minimum atomic E-state index is -0.544. The fourth-order valence-electron chi connectivity index (χ4n) is 1.91. The van der Waals surface area contributed by atoms with Gasteiger partial charge in [0.1, 0.15) is 11.5 Å². The molecule has 0 spiro atoms. The van der Waals surface area contributed by atoms with Gasteiger partial charge < -0.3 is 20.5 Å². The smallest absolute Gasteiger partial charge is 0.260 e. The highest BCUT2D eigenvalue weighted by Gasteiger charge is 2.26. The zero-order chi connectivity index (χ0) is 15.2. The van der Waals surface area contributed by atoms with Crippen LogP contribution in [0.1, 0.15) is 38.7 Å². The number of carbonyl (C=O) groups excluding carboxylic acids is 1. The summed E-state index contributed by atoms with van der Waals surface area (Å²) in [5.74, 6) is 1.27. The van der Waals surface area contributed by atoms with Crippen LogP contribution in [0.3, 0.4) is 0 Å². The van der Waals surface area contributed by atoms with E-state index in [1.807, 2.05) is 12.1 Å². The van der Waals surface area contributed by atoms with Gasteiger partial charge in [0.05, 0.1) is 6.61 Å². The molecule has 0 radical (unpaired) electrons. The van der Waals surface area contributed by atoms with E-state index in [1.54, 1.807) is 13.0 Å². The lowest BCUT2D eigenvalue weighted by Gasteiger charge is -2.17. The number of nitrogens with one attached hydrogen (secondary N) is 1. The Labute approximate surface area is 125 Å². The normalized spacial score (nSPS) is 15.4. The first kappa shape index (κ1) is 15.6. The predicted molar refractivity (Wildman–Crippen MR) is 81.4 cm³/mol. The lowest BCUT2D eigenvalue weighted by Crippen LogP contribution is -2.37. The molecule has 0 aliphatic heterocycles. The number of hydrogen-bond acceptors (Lipinski definition) is 4. The number of carbonyl (C=O) groups is 1. The van der Waals surface area contributed by atoms with E-state index in [4.69, 9.17) is 15.2 Å². The van der Waals surface area contributed by atoms with Crippen LogP contribution in [-0.4, -0.2) is 24.7 Å². The van der Waals surface area contributed by atoms with Crippen LogP contribution in [0.25, 0.3) is 0 Å². The molecule has 2 rings (SSSR count). The van der Waals surface area contributed by atoms with Crippen LogP contribution >= 0.6 is 0 Å². The van der Waals surface area contributed by atoms with Gasteiger partial charge in [-0.05, 0) is 32.3 Å². The number of hydrogen-bond donors (Lipinski definition) is 2. The quantitative estimate of drug-likeness (QED) is 0.768. The van der Waals surface area contributed by atoms with Gasteiger partial charge in [0, 0.05) is 24.2 Å². The fraction of sp³-hybridized carbons (Fsp3) is 0.562. The second-order valence-electron chi connectivity index (χ2n) is 5.37. The van der Waals surface area contributed by atoms with Gasteiger partial charge in [0.2, 0.25) is 0 Å². The van der Waals surface area contributed by atoms with E-state index in [9.17, 15) is 4.79 Å². The molecule has 5 heteroatoms. The minimum absolute atomic E-state index is 0.0830. The minimum Gasteiger partial charge on any atom is -0.493 e. The van der Waals surface area contributed by atoms with Crippen LogP contribution in [-0.2, 0) is 11.3 Å². The molecule has 1 fully saturated rings. The van der Waals surface area contributed by atoms with Crippen molar-refractivity contribution in [3.05, 3.63) is 23.8 Å². The first-order chi connectivity index (χ1) is 10.1. The third-order valence-corrected chi connectivity index (χ3v) is 3.33. The lowest BCUT2D eigenvalue weighted by molar-refractivity contribution is -0.127. The van der Waals surface area contributed by atoms with Gasteiger partial charge >= 0.3 is 0 Å². The summed E-state index contributed by atoms with van der Waals surface area (Å²) in [6.07, 6.45) is 2.52. The van der Waals surface area contributed by atoms with Crippen molar-refractivity contribution in [1.29, 1.82) is 0 Å². The molecule has 1 saturated carbocycles. The standard InChI is InChI=1S/C16H24N2O3/c1-3-8-20-14-7-4-12(10-17)15(9-14)21-11(2)16(19)18-13-5-6-13/h4,7,9,11,13H,3,5-6,8,10,17H2,1-2H3,(H,18,19). The summed E-state index contributed by atoms with van der Waals surface area (Å²) in [7, 11) is 0. The molecule has 0 heterocycles. The molecule has 1 aliphatic carbocycles. The van der Waals surface area contributed by atoms with Gasteiger partial charge in [-0.3, -0.25) is 4.79 Å². The molecular formula is C16H24N2O3. The number of rotatable bonds is 8. The van der Waals surface area contributed by atoms with Crippen LogP contribution in [0.15, 0.2) is 18.2 Å². The highest BCUT2D eigenvalue weighted by molar-refractivity contribution is 5.81. The summed E-state index contributed by atoms with van der Waals surface area (Å²) >= 11 is 0. The van der Waals surface area contributed by atoms with Crippen LogP contribution < -0.4 is 20.5 Å². The Kier molecular flexibility index (Phi) is 5.44. The molecule has 0 bridgehead atoms. The van der Waals surface area contributed by atoms with Crippen molar-refractivity contribution >= 4 is 5.91 Å². The Morgan fingerprint density at radius 3 is 2.86 bits per heavy atom. The molecule has 1 unspecified atom stereocenters. The summed E-state index contributed by atoms with van der Waals surface area (Å²) in [5, 5.41) is 2.93. The molecule has 1 amide bonds. The maximum Gasteiger partial charge on any atom is 0.260 e. The summed E-state index contributed by atoms with van der Waals surface area (Å²) in [4.78, 5) is 12.0. The summed E-state index contributed by atoms with van der Waals surface area (Å²) in [6.45, 7) is 4.81. The highest BCUT2D eigenvalue weighted by atomic mass is 16.5. The van der Waals surface area contributed by atoms with Crippen molar-refractivity contribution in [3.8, 4) is 11.5 Å². The molecule has 0 saturated heterocycles. The maximum absolute atomic E-state index is 12.0. The van der Waals surface area contributed by atoms with Crippen molar-refractivity contribution < 1.29 is 14.3 Å². The van der Waals surface area contributed by atoms with Crippen molar-refractivity contribution in [3.63, 3.8) is 0 Å². The zero-order valence-electron chi connectivity index (χ0n) is 12.7. The third kappa shape index (κ3) is 4.63.